The Bertz CT molecular complexity index is 306. The maximum Gasteiger partial charge on any atom is 0.334 e. The van der Waals surface area contributed by atoms with Gasteiger partial charge in [-0.15, -0.1) is 11.8 Å². The van der Waals surface area contributed by atoms with Gasteiger partial charge < -0.3 is 9.47 Å². The van der Waals surface area contributed by atoms with Gasteiger partial charge in [0, 0.05) is 11.7 Å². The lowest BCUT2D eigenvalue weighted by atomic mass is 9.92. The van der Waals surface area contributed by atoms with Crippen LogP contribution >= 0.6 is 11.8 Å². The third-order valence-corrected chi connectivity index (χ3v) is 4.15. The zero-order chi connectivity index (χ0) is 12.9. The first-order valence-corrected chi connectivity index (χ1v) is 6.73. The number of ether oxygens (including phenoxy) is 2. The molecule has 4 nitrogen and oxygen atoms in total. The van der Waals surface area contributed by atoms with Crippen molar-refractivity contribution in [3.63, 3.8) is 0 Å². The van der Waals surface area contributed by atoms with E-state index in [2.05, 4.69) is 0 Å². The first kappa shape index (κ1) is 14.1. The predicted molar refractivity (Wildman–Crippen MR) is 66.8 cm³/mol. The molecule has 17 heavy (non-hydrogen) atoms. The molecular weight excluding hydrogens is 240 g/mol. The molecule has 96 valence electrons. The van der Waals surface area contributed by atoms with E-state index in [4.69, 9.17) is 9.47 Å². The molecule has 1 aliphatic heterocycles. The summed E-state index contributed by atoms with van der Waals surface area (Å²) in [5.41, 5.74) is 0. The van der Waals surface area contributed by atoms with E-state index in [9.17, 15) is 9.59 Å². The van der Waals surface area contributed by atoms with Crippen molar-refractivity contribution in [2.24, 2.45) is 5.92 Å². The Balaban J connectivity index is 3.03. The van der Waals surface area contributed by atoms with E-state index in [1.807, 2.05) is 19.1 Å². The van der Waals surface area contributed by atoms with Gasteiger partial charge in [0.2, 0.25) is 4.75 Å². The van der Waals surface area contributed by atoms with Crippen molar-refractivity contribution in [1.82, 2.24) is 0 Å². The largest absolute Gasteiger partial charge is 0.464 e. The quantitative estimate of drug-likeness (QED) is 0.437. The molecule has 0 aliphatic carbocycles. The lowest BCUT2D eigenvalue weighted by molar-refractivity contribution is -0.160. The van der Waals surface area contributed by atoms with Crippen LogP contribution in [0, 0.1) is 5.92 Å². The number of thioether (sulfide) groups is 1. The van der Waals surface area contributed by atoms with Gasteiger partial charge in [-0.2, -0.15) is 0 Å². The highest BCUT2D eigenvalue weighted by Gasteiger charge is 2.53. The van der Waals surface area contributed by atoms with Crippen molar-refractivity contribution in [3.05, 3.63) is 12.2 Å². The summed E-state index contributed by atoms with van der Waals surface area (Å²) in [7, 11) is 0. The van der Waals surface area contributed by atoms with Gasteiger partial charge in [0.25, 0.3) is 0 Å². The summed E-state index contributed by atoms with van der Waals surface area (Å²) in [6.45, 7) is 5.81. The topological polar surface area (TPSA) is 52.6 Å². The minimum atomic E-state index is -1.24. The number of carbonyl (C=O) groups excluding carboxylic acids is 2. The molecule has 0 aromatic heterocycles. The van der Waals surface area contributed by atoms with Gasteiger partial charge in [0.1, 0.15) is 0 Å². The molecule has 0 saturated heterocycles. The van der Waals surface area contributed by atoms with Crippen molar-refractivity contribution >= 4 is 23.7 Å². The van der Waals surface area contributed by atoms with Crippen LogP contribution in [-0.2, 0) is 19.1 Å². The van der Waals surface area contributed by atoms with E-state index in [1.54, 1.807) is 13.8 Å². The molecule has 0 aromatic rings. The zero-order valence-electron chi connectivity index (χ0n) is 10.4. The van der Waals surface area contributed by atoms with E-state index in [-0.39, 0.29) is 19.1 Å². The second-order valence-corrected chi connectivity index (χ2v) is 4.97. The Morgan fingerprint density at radius 2 is 1.82 bits per heavy atom. The number of hydrogen-bond donors (Lipinski definition) is 0. The minimum Gasteiger partial charge on any atom is -0.464 e. The zero-order valence-corrected chi connectivity index (χ0v) is 11.2. The number of esters is 2. The van der Waals surface area contributed by atoms with Crippen LogP contribution in [0.5, 0.6) is 0 Å². The van der Waals surface area contributed by atoms with Crippen LogP contribution in [0.4, 0.5) is 0 Å². The number of hydrogen-bond acceptors (Lipinski definition) is 5. The molecule has 0 radical (unpaired) electrons. The fourth-order valence-corrected chi connectivity index (χ4v) is 2.92. The van der Waals surface area contributed by atoms with Gasteiger partial charge in [-0.1, -0.05) is 19.1 Å². The highest BCUT2D eigenvalue weighted by Crippen LogP contribution is 2.40. The second kappa shape index (κ2) is 6.10. The molecule has 1 heterocycles. The summed E-state index contributed by atoms with van der Waals surface area (Å²) < 4.78 is 8.82. The Morgan fingerprint density at radius 3 is 2.24 bits per heavy atom. The van der Waals surface area contributed by atoms with Crippen LogP contribution in [0.25, 0.3) is 0 Å². The lowest BCUT2D eigenvalue weighted by Gasteiger charge is -2.34. The monoisotopic (exact) mass is 258 g/mol. The fraction of sp³-hybridized carbons (Fsp3) is 0.667. The highest BCUT2D eigenvalue weighted by molar-refractivity contribution is 8.02. The summed E-state index contributed by atoms with van der Waals surface area (Å²) in [5.74, 6) is -0.609. The second-order valence-electron chi connectivity index (χ2n) is 3.70. The molecule has 0 aromatic carbocycles. The average molecular weight is 258 g/mol. The van der Waals surface area contributed by atoms with E-state index >= 15 is 0 Å². The Labute approximate surface area is 106 Å². The molecular formula is C12H18O4S. The highest BCUT2D eigenvalue weighted by atomic mass is 32.2. The number of carbonyl (C=O) groups is 2. The maximum absolute atomic E-state index is 12.1. The molecule has 1 rings (SSSR count). The molecule has 1 atom stereocenters. The molecule has 0 saturated carbocycles. The summed E-state index contributed by atoms with van der Waals surface area (Å²) in [6, 6.07) is 0. The van der Waals surface area contributed by atoms with Crippen LogP contribution < -0.4 is 0 Å². The summed E-state index contributed by atoms with van der Waals surface area (Å²) in [6.07, 6.45) is 3.82. The van der Waals surface area contributed by atoms with E-state index < -0.39 is 16.7 Å². The van der Waals surface area contributed by atoms with Crippen molar-refractivity contribution in [2.45, 2.75) is 25.5 Å². The molecule has 1 unspecified atom stereocenters. The van der Waals surface area contributed by atoms with Crippen LogP contribution in [0.1, 0.15) is 20.8 Å². The number of rotatable bonds is 4. The maximum atomic E-state index is 12.1. The van der Waals surface area contributed by atoms with Gasteiger partial charge in [-0.25, -0.2) is 9.59 Å². The standard InChI is InChI=1S/C12H18O4S/c1-4-15-10(13)12(11(14)16-5-2)9(3)7-6-8-17-12/h6-7,9H,4-5,8H2,1-3H3. The van der Waals surface area contributed by atoms with E-state index in [1.165, 1.54) is 11.8 Å². The van der Waals surface area contributed by atoms with Gasteiger partial charge in [0.05, 0.1) is 13.2 Å². The Hall–Kier alpha value is -0.970. The van der Waals surface area contributed by atoms with Crippen LogP contribution in [-0.4, -0.2) is 35.7 Å². The van der Waals surface area contributed by atoms with Crippen molar-refractivity contribution in [2.75, 3.05) is 19.0 Å². The SMILES string of the molecule is CCOC(=O)C1(C(=O)OCC)SCC=CC1C. The molecule has 0 N–H and O–H groups in total. The first-order chi connectivity index (χ1) is 8.09. The first-order valence-electron chi connectivity index (χ1n) is 5.74. The summed E-state index contributed by atoms with van der Waals surface area (Å²) in [4.78, 5) is 24.1. The van der Waals surface area contributed by atoms with Crippen molar-refractivity contribution < 1.29 is 19.1 Å². The fourth-order valence-electron chi connectivity index (χ4n) is 1.76. The molecule has 5 heteroatoms. The van der Waals surface area contributed by atoms with E-state index in [0.29, 0.717) is 5.75 Å². The van der Waals surface area contributed by atoms with Gasteiger partial charge in [-0.3, -0.25) is 0 Å². The van der Waals surface area contributed by atoms with Gasteiger partial charge >= 0.3 is 11.9 Å². The molecule has 0 bridgehead atoms. The van der Waals surface area contributed by atoms with Crippen LogP contribution in [0.2, 0.25) is 0 Å². The van der Waals surface area contributed by atoms with Gasteiger partial charge in [-0.05, 0) is 13.8 Å². The average Bonchev–Trinajstić information content (AvgIpc) is 2.30. The summed E-state index contributed by atoms with van der Waals surface area (Å²) in [5, 5.41) is 0. The normalized spacial score (nSPS) is 21.9. The predicted octanol–water partition coefficient (Wildman–Crippen LogP) is 1.79. The molecule has 0 amide bonds. The molecule has 0 spiro atoms. The molecule has 1 aliphatic rings. The van der Waals surface area contributed by atoms with E-state index in [0.717, 1.165) is 0 Å². The smallest absolute Gasteiger partial charge is 0.334 e. The minimum absolute atomic E-state index is 0.223. The Kier molecular flexibility index (Phi) is 5.05. The summed E-state index contributed by atoms with van der Waals surface area (Å²) >= 11 is 1.28. The Morgan fingerprint density at radius 1 is 1.29 bits per heavy atom. The lowest BCUT2D eigenvalue weighted by Crippen LogP contribution is -2.51. The van der Waals surface area contributed by atoms with Crippen LogP contribution in [0.3, 0.4) is 0 Å². The van der Waals surface area contributed by atoms with Crippen LogP contribution in [0.15, 0.2) is 12.2 Å². The third kappa shape index (κ3) is 2.65. The number of allylic oxidation sites excluding steroid dienone is 1. The van der Waals surface area contributed by atoms with Gasteiger partial charge in [0.15, 0.2) is 0 Å². The third-order valence-electron chi connectivity index (χ3n) is 2.63. The van der Waals surface area contributed by atoms with Crippen molar-refractivity contribution in [1.29, 1.82) is 0 Å². The molecule has 0 fully saturated rings. The van der Waals surface area contributed by atoms with Crippen molar-refractivity contribution in [3.8, 4) is 0 Å².